The van der Waals surface area contributed by atoms with Gasteiger partial charge in [-0.15, -0.1) is 0 Å². The second-order valence-electron chi connectivity index (χ2n) is 4.10. The van der Waals surface area contributed by atoms with E-state index in [2.05, 4.69) is 0 Å². The highest BCUT2D eigenvalue weighted by Crippen LogP contribution is 2.26. The van der Waals surface area contributed by atoms with E-state index in [9.17, 15) is 4.79 Å². The van der Waals surface area contributed by atoms with Gasteiger partial charge in [0.2, 0.25) is 0 Å². The number of hydrogen-bond donors (Lipinski definition) is 0. The van der Waals surface area contributed by atoms with E-state index in [-0.39, 0.29) is 5.91 Å². The Morgan fingerprint density at radius 2 is 1.71 bits per heavy atom. The van der Waals surface area contributed by atoms with Crippen molar-refractivity contribution in [3.05, 3.63) is 42.0 Å². The quantitative estimate of drug-likeness (QED) is 0.792. The number of carbonyl (C=O) groups excluding carboxylic acids is 1. The molecule has 2 aromatic rings. The molecule has 0 N–H and O–H groups in total. The van der Waals surface area contributed by atoms with Gasteiger partial charge in [-0.2, -0.15) is 0 Å². The summed E-state index contributed by atoms with van der Waals surface area (Å²) in [6.45, 7) is 0. The molecule has 0 fully saturated rings. The number of nitrogens with zero attached hydrogens (tertiary/aromatic N) is 1. The highest BCUT2D eigenvalue weighted by Gasteiger charge is 2.14. The van der Waals surface area contributed by atoms with Gasteiger partial charge in [-0.1, -0.05) is 24.3 Å². The zero-order valence-corrected chi connectivity index (χ0v) is 10.2. The highest BCUT2D eigenvalue weighted by atomic mass is 16.5. The molecule has 0 aromatic heterocycles. The van der Waals surface area contributed by atoms with Crippen molar-refractivity contribution in [1.82, 2.24) is 4.90 Å². The number of benzene rings is 2. The van der Waals surface area contributed by atoms with E-state index in [1.807, 2.05) is 36.4 Å². The van der Waals surface area contributed by atoms with Crippen molar-refractivity contribution in [2.45, 2.75) is 0 Å². The minimum atomic E-state index is -0.0485. The lowest BCUT2D eigenvalue weighted by molar-refractivity contribution is 0.0824. The lowest BCUT2D eigenvalue weighted by Crippen LogP contribution is -2.22. The van der Waals surface area contributed by atoms with Gasteiger partial charge in [-0.3, -0.25) is 4.79 Å². The third-order valence-corrected chi connectivity index (χ3v) is 2.70. The van der Waals surface area contributed by atoms with E-state index >= 15 is 0 Å². The molecule has 0 unspecified atom stereocenters. The summed E-state index contributed by atoms with van der Waals surface area (Å²) in [4.78, 5) is 13.6. The van der Waals surface area contributed by atoms with Gasteiger partial charge in [0.05, 0.1) is 12.7 Å². The fourth-order valence-corrected chi connectivity index (χ4v) is 1.80. The van der Waals surface area contributed by atoms with Gasteiger partial charge in [-0.25, -0.2) is 0 Å². The van der Waals surface area contributed by atoms with Crippen LogP contribution in [0.4, 0.5) is 0 Å². The Hall–Kier alpha value is -2.03. The molecule has 17 heavy (non-hydrogen) atoms. The van der Waals surface area contributed by atoms with Crippen molar-refractivity contribution < 1.29 is 9.53 Å². The molecule has 0 aliphatic heterocycles. The monoisotopic (exact) mass is 229 g/mol. The minimum Gasteiger partial charge on any atom is -0.496 e. The third-order valence-electron chi connectivity index (χ3n) is 2.70. The number of carbonyl (C=O) groups is 1. The summed E-state index contributed by atoms with van der Waals surface area (Å²) in [7, 11) is 5.05. The van der Waals surface area contributed by atoms with E-state index < -0.39 is 0 Å². The van der Waals surface area contributed by atoms with E-state index in [0.29, 0.717) is 11.3 Å². The first-order chi connectivity index (χ1) is 8.13. The molecule has 0 atom stereocenters. The lowest BCUT2D eigenvalue weighted by Gasteiger charge is -2.14. The number of ether oxygens (including phenoxy) is 1. The number of rotatable bonds is 2. The van der Waals surface area contributed by atoms with Crippen LogP contribution in [0.25, 0.3) is 10.8 Å². The Morgan fingerprint density at radius 3 is 2.24 bits per heavy atom. The van der Waals surface area contributed by atoms with Crippen LogP contribution in [0.5, 0.6) is 5.75 Å². The molecule has 0 bridgehead atoms. The van der Waals surface area contributed by atoms with Crippen molar-refractivity contribution >= 4 is 16.7 Å². The van der Waals surface area contributed by atoms with E-state index in [1.165, 1.54) is 0 Å². The minimum absolute atomic E-state index is 0.0485. The molecule has 88 valence electrons. The Morgan fingerprint density at radius 1 is 1.12 bits per heavy atom. The molecule has 0 heterocycles. The van der Waals surface area contributed by atoms with Crippen LogP contribution < -0.4 is 4.74 Å². The summed E-state index contributed by atoms with van der Waals surface area (Å²) in [5, 5.41) is 2.11. The first-order valence-electron chi connectivity index (χ1n) is 5.42. The summed E-state index contributed by atoms with van der Waals surface area (Å²) in [6, 6.07) is 11.7. The van der Waals surface area contributed by atoms with Crippen molar-refractivity contribution in [2.24, 2.45) is 0 Å². The number of amides is 1. The molecule has 0 radical (unpaired) electrons. The third kappa shape index (κ3) is 2.09. The summed E-state index contributed by atoms with van der Waals surface area (Å²) in [5.41, 5.74) is 0.594. The first-order valence-corrected chi connectivity index (χ1v) is 5.42. The van der Waals surface area contributed by atoms with Crippen LogP contribution in [0.1, 0.15) is 10.4 Å². The van der Waals surface area contributed by atoms with E-state index in [1.54, 1.807) is 26.1 Å². The van der Waals surface area contributed by atoms with Crippen molar-refractivity contribution in [2.75, 3.05) is 21.2 Å². The molecule has 0 saturated carbocycles. The largest absolute Gasteiger partial charge is 0.496 e. The first kappa shape index (κ1) is 11.5. The van der Waals surface area contributed by atoms with Gasteiger partial charge < -0.3 is 9.64 Å². The maximum Gasteiger partial charge on any atom is 0.257 e. The molecule has 0 aliphatic carbocycles. The predicted octanol–water partition coefficient (Wildman–Crippen LogP) is 2.55. The Labute approximate surface area is 101 Å². The van der Waals surface area contributed by atoms with Crippen LogP contribution in [0.15, 0.2) is 36.4 Å². The number of methoxy groups -OCH3 is 1. The van der Waals surface area contributed by atoms with Crippen molar-refractivity contribution in [3.8, 4) is 5.75 Å². The maximum atomic E-state index is 12.0. The van der Waals surface area contributed by atoms with Gasteiger partial charge in [0.15, 0.2) is 0 Å². The van der Waals surface area contributed by atoms with Gasteiger partial charge in [0, 0.05) is 14.1 Å². The summed E-state index contributed by atoms with van der Waals surface area (Å²) in [6.07, 6.45) is 0. The molecular formula is C14H15NO2. The van der Waals surface area contributed by atoms with Crippen molar-refractivity contribution in [3.63, 3.8) is 0 Å². The molecule has 2 aromatic carbocycles. The standard InChI is InChI=1S/C14H15NO2/c1-15(2)14(16)12-8-10-6-4-5-7-11(10)9-13(12)17-3/h4-9H,1-3H3. The van der Waals surface area contributed by atoms with Gasteiger partial charge in [0.25, 0.3) is 5.91 Å². The highest BCUT2D eigenvalue weighted by molar-refractivity contribution is 6.01. The van der Waals surface area contributed by atoms with Gasteiger partial charge in [0.1, 0.15) is 5.75 Å². The van der Waals surface area contributed by atoms with Crippen LogP contribution in [0.2, 0.25) is 0 Å². The van der Waals surface area contributed by atoms with Crippen LogP contribution in [-0.4, -0.2) is 32.0 Å². The predicted molar refractivity (Wildman–Crippen MR) is 68.5 cm³/mol. The average molecular weight is 229 g/mol. The molecule has 0 saturated heterocycles. The Balaban J connectivity index is 2.65. The zero-order valence-electron chi connectivity index (χ0n) is 10.2. The molecule has 2 rings (SSSR count). The normalized spacial score (nSPS) is 10.3. The molecule has 0 aliphatic rings. The molecule has 1 amide bonds. The Bertz CT molecular complexity index is 561. The number of hydrogen-bond acceptors (Lipinski definition) is 2. The maximum absolute atomic E-state index is 12.0. The second kappa shape index (κ2) is 4.45. The van der Waals surface area contributed by atoms with Crippen LogP contribution in [0.3, 0.4) is 0 Å². The smallest absolute Gasteiger partial charge is 0.257 e. The fourth-order valence-electron chi connectivity index (χ4n) is 1.80. The molecule has 0 spiro atoms. The summed E-state index contributed by atoms with van der Waals surface area (Å²) in [5.74, 6) is 0.565. The van der Waals surface area contributed by atoms with E-state index in [0.717, 1.165) is 10.8 Å². The molecular weight excluding hydrogens is 214 g/mol. The Kier molecular flexibility index (Phi) is 3.00. The van der Waals surface area contributed by atoms with Crippen molar-refractivity contribution in [1.29, 1.82) is 0 Å². The lowest BCUT2D eigenvalue weighted by atomic mass is 10.1. The summed E-state index contributed by atoms with van der Waals surface area (Å²) >= 11 is 0. The zero-order chi connectivity index (χ0) is 12.4. The van der Waals surface area contributed by atoms with Crippen LogP contribution in [0, 0.1) is 0 Å². The van der Waals surface area contributed by atoms with Crippen LogP contribution >= 0.6 is 0 Å². The molecule has 3 nitrogen and oxygen atoms in total. The SMILES string of the molecule is COc1cc2ccccc2cc1C(=O)N(C)C. The second-order valence-corrected chi connectivity index (χ2v) is 4.10. The van der Waals surface area contributed by atoms with Gasteiger partial charge >= 0.3 is 0 Å². The van der Waals surface area contributed by atoms with Crippen LogP contribution in [-0.2, 0) is 0 Å². The average Bonchev–Trinajstić information content (AvgIpc) is 2.36. The fraction of sp³-hybridized carbons (Fsp3) is 0.214. The van der Waals surface area contributed by atoms with Gasteiger partial charge in [-0.05, 0) is 22.9 Å². The topological polar surface area (TPSA) is 29.5 Å². The van der Waals surface area contributed by atoms with E-state index in [4.69, 9.17) is 4.74 Å². The number of fused-ring (bicyclic) bond motifs is 1. The summed E-state index contributed by atoms with van der Waals surface area (Å²) < 4.78 is 5.28. The molecule has 3 heteroatoms.